The van der Waals surface area contributed by atoms with Crippen molar-refractivity contribution in [1.82, 2.24) is 4.90 Å². The molecule has 0 bridgehead atoms. The number of nitriles is 2. The van der Waals surface area contributed by atoms with Crippen LogP contribution in [0.3, 0.4) is 0 Å². The molecular weight excluding hydrogens is 427 g/mol. The van der Waals surface area contributed by atoms with E-state index < -0.39 is 0 Å². The predicted octanol–water partition coefficient (Wildman–Crippen LogP) is 5.78. The number of halogens is 3. The molecule has 0 radical (unpaired) electrons. The van der Waals surface area contributed by atoms with Gasteiger partial charge in [-0.25, -0.2) is 0 Å². The Hall–Kier alpha value is -2.63. The summed E-state index contributed by atoms with van der Waals surface area (Å²) >= 11 is 18.2. The Kier molecular flexibility index (Phi) is 7.07. The van der Waals surface area contributed by atoms with Crippen molar-refractivity contribution in [2.45, 2.75) is 0 Å². The lowest BCUT2D eigenvalue weighted by molar-refractivity contribution is 0.367. The Balaban J connectivity index is 1.82. The molecule has 0 N–H and O–H groups in total. The summed E-state index contributed by atoms with van der Waals surface area (Å²) in [6.45, 7) is 3.15. The highest BCUT2D eigenvalue weighted by molar-refractivity contribution is 6.42. The first-order valence-corrected chi connectivity index (χ1v) is 10.1. The Morgan fingerprint density at radius 2 is 1.48 bits per heavy atom. The first-order valence-electron chi connectivity index (χ1n) is 8.95. The third kappa shape index (κ3) is 5.25. The molecule has 0 saturated carbocycles. The molecule has 1 aliphatic rings. The number of rotatable bonds is 4. The summed E-state index contributed by atoms with van der Waals surface area (Å²) in [6, 6.07) is 17.0. The van der Waals surface area contributed by atoms with E-state index in [1.807, 2.05) is 54.6 Å². The van der Waals surface area contributed by atoms with Crippen LogP contribution in [0, 0.1) is 22.7 Å². The highest BCUT2D eigenvalue weighted by Crippen LogP contribution is 2.29. The van der Waals surface area contributed by atoms with E-state index in [1.54, 1.807) is 12.1 Å². The zero-order valence-corrected chi connectivity index (χ0v) is 17.7. The summed E-state index contributed by atoms with van der Waals surface area (Å²) in [6.07, 6.45) is 3.37. The maximum Gasteiger partial charge on any atom is 0.129 e. The van der Waals surface area contributed by atoms with Gasteiger partial charge in [-0.3, -0.25) is 0 Å². The minimum absolute atomic E-state index is 0.0610. The molecular formula is C22H17Cl3N4. The zero-order chi connectivity index (χ0) is 20.8. The number of nitrogens with zero attached hydrogens (tertiary/aromatic N) is 4. The highest BCUT2D eigenvalue weighted by atomic mass is 35.5. The van der Waals surface area contributed by atoms with E-state index in [0.717, 1.165) is 43.1 Å². The van der Waals surface area contributed by atoms with E-state index in [9.17, 15) is 0 Å². The van der Waals surface area contributed by atoms with Crippen molar-refractivity contribution in [2.75, 3.05) is 31.1 Å². The number of hydrogen-bond donors (Lipinski definition) is 0. The number of allylic oxidation sites excluding steroid dienone is 3. The van der Waals surface area contributed by atoms with E-state index in [0.29, 0.717) is 15.1 Å². The summed E-state index contributed by atoms with van der Waals surface area (Å²) < 4.78 is 0. The lowest BCUT2D eigenvalue weighted by Crippen LogP contribution is -2.45. The van der Waals surface area contributed by atoms with Crippen LogP contribution < -0.4 is 4.90 Å². The molecule has 29 heavy (non-hydrogen) atoms. The number of anilines is 1. The molecule has 1 saturated heterocycles. The van der Waals surface area contributed by atoms with Crippen LogP contribution in [0.25, 0.3) is 5.70 Å². The van der Waals surface area contributed by atoms with Gasteiger partial charge >= 0.3 is 0 Å². The fourth-order valence-electron chi connectivity index (χ4n) is 3.15. The maximum absolute atomic E-state index is 9.03. The van der Waals surface area contributed by atoms with Gasteiger partial charge in [-0.15, -0.1) is 0 Å². The first kappa shape index (κ1) is 21.1. The maximum atomic E-state index is 9.03. The van der Waals surface area contributed by atoms with E-state index in [1.165, 1.54) is 0 Å². The van der Waals surface area contributed by atoms with Gasteiger partial charge in [0.1, 0.15) is 17.7 Å². The molecule has 4 nitrogen and oxygen atoms in total. The van der Waals surface area contributed by atoms with Crippen molar-refractivity contribution in [3.05, 3.63) is 80.8 Å². The van der Waals surface area contributed by atoms with Crippen molar-refractivity contribution < 1.29 is 0 Å². The molecule has 2 aromatic rings. The minimum Gasteiger partial charge on any atom is -0.368 e. The lowest BCUT2D eigenvalue weighted by atomic mass is 10.1. The van der Waals surface area contributed by atoms with Gasteiger partial charge in [0.25, 0.3) is 0 Å². The predicted molar refractivity (Wildman–Crippen MR) is 119 cm³/mol. The minimum atomic E-state index is 0.0610. The third-order valence-corrected chi connectivity index (χ3v) is 5.67. The van der Waals surface area contributed by atoms with Gasteiger partial charge in [-0.1, -0.05) is 46.9 Å². The molecule has 0 aromatic heterocycles. The van der Waals surface area contributed by atoms with E-state index >= 15 is 0 Å². The average Bonchev–Trinajstić information content (AvgIpc) is 2.74. The summed E-state index contributed by atoms with van der Waals surface area (Å²) in [4.78, 5) is 4.49. The standard InChI is InChI=1S/C22H17Cl3N4/c23-18-4-2-17(3-5-18)22(8-1-16(14-26)15-27)29-11-9-28(10-12-29)19-6-7-20(24)21(25)13-19/h1-8,13H,9-12H2/b22-8-. The Morgan fingerprint density at radius 3 is 2.07 bits per heavy atom. The fourth-order valence-corrected chi connectivity index (χ4v) is 3.57. The summed E-state index contributed by atoms with van der Waals surface area (Å²) in [7, 11) is 0. The quantitative estimate of drug-likeness (QED) is 0.444. The van der Waals surface area contributed by atoms with Gasteiger partial charge in [0.2, 0.25) is 0 Å². The van der Waals surface area contributed by atoms with Crippen LogP contribution in [-0.2, 0) is 0 Å². The molecule has 0 amide bonds. The average molecular weight is 444 g/mol. The topological polar surface area (TPSA) is 54.1 Å². The van der Waals surface area contributed by atoms with Crippen molar-refractivity contribution >= 4 is 46.2 Å². The Bertz CT molecular complexity index is 1010. The molecule has 146 valence electrons. The highest BCUT2D eigenvalue weighted by Gasteiger charge is 2.20. The number of benzene rings is 2. The zero-order valence-electron chi connectivity index (χ0n) is 15.4. The van der Waals surface area contributed by atoms with Crippen LogP contribution in [0.1, 0.15) is 5.56 Å². The SMILES string of the molecule is N#CC(C#N)=C/C=C(/c1ccc(Cl)cc1)N1CCN(c2ccc(Cl)c(Cl)c2)CC1. The normalized spacial score (nSPS) is 14.2. The molecule has 7 heteroatoms. The molecule has 1 fully saturated rings. The molecule has 0 unspecified atom stereocenters. The van der Waals surface area contributed by atoms with Gasteiger partial charge in [0.15, 0.2) is 0 Å². The molecule has 1 heterocycles. The van der Waals surface area contributed by atoms with Crippen LogP contribution in [0.5, 0.6) is 0 Å². The van der Waals surface area contributed by atoms with Gasteiger partial charge in [-0.2, -0.15) is 10.5 Å². The number of hydrogen-bond acceptors (Lipinski definition) is 4. The molecule has 2 aromatic carbocycles. The van der Waals surface area contributed by atoms with Crippen molar-refractivity contribution in [1.29, 1.82) is 10.5 Å². The van der Waals surface area contributed by atoms with Crippen LogP contribution >= 0.6 is 34.8 Å². The number of piperazine rings is 1. The van der Waals surface area contributed by atoms with Crippen molar-refractivity contribution in [3.8, 4) is 12.1 Å². The third-order valence-electron chi connectivity index (χ3n) is 4.68. The lowest BCUT2D eigenvalue weighted by Gasteiger charge is -2.38. The van der Waals surface area contributed by atoms with Crippen LogP contribution in [-0.4, -0.2) is 31.1 Å². The molecule has 0 spiro atoms. The summed E-state index contributed by atoms with van der Waals surface area (Å²) in [5.41, 5.74) is 3.01. The van der Waals surface area contributed by atoms with E-state index in [4.69, 9.17) is 45.3 Å². The van der Waals surface area contributed by atoms with Gasteiger partial charge in [0.05, 0.1) is 10.0 Å². The first-order chi connectivity index (χ1) is 14.0. The Morgan fingerprint density at radius 1 is 0.828 bits per heavy atom. The van der Waals surface area contributed by atoms with Gasteiger partial charge in [0, 0.05) is 42.6 Å². The second-order valence-corrected chi connectivity index (χ2v) is 7.69. The van der Waals surface area contributed by atoms with Crippen LogP contribution in [0.15, 0.2) is 60.2 Å². The monoisotopic (exact) mass is 442 g/mol. The molecule has 0 atom stereocenters. The molecule has 1 aliphatic heterocycles. The van der Waals surface area contributed by atoms with Crippen LogP contribution in [0.2, 0.25) is 15.1 Å². The Labute approximate surface area is 185 Å². The second-order valence-electron chi connectivity index (χ2n) is 6.44. The molecule has 0 aliphatic carbocycles. The fraction of sp³-hybridized carbons (Fsp3) is 0.182. The van der Waals surface area contributed by atoms with Crippen LogP contribution in [0.4, 0.5) is 5.69 Å². The van der Waals surface area contributed by atoms with Crippen molar-refractivity contribution in [2.24, 2.45) is 0 Å². The van der Waals surface area contributed by atoms with Crippen molar-refractivity contribution in [3.63, 3.8) is 0 Å². The second kappa shape index (κ2) is 9.72. The van der Waals surface area contributed by atoms with E-state index in [2.05, 4.69) is 9.80 Å². The largest absolute Gasteiger partial charge is 0.368 e. The summed E-state index contributed by atoms with van der Waals surface area (Å²) in [5, 5.41) is 19.8. The smallest absolute Gasteiger partial charge is 0.129 e. The summed E-state index contributed by atoms with van der Waals surface area (Å²) in [5.74, 6) is 0. The van der Waals surface area contributed by atoms with Gasteiger partial charge in [-0.05, 0) is 48.0 Å². The van der Waals surface area contributed by atoms with E-state index in [-0.39, 0.29) is 5.57 Å². The molecule has 3 rings (SSSR count). The van der Waals surface area contributed by atoms with Gasteiger partial charge < -0.3 is 9.80 Å².